The Labute approximate surface area is 145 Å². The molecule has 0 aliphatic rings. The predicted molar refractivity (Wildman–Crippen MR) is 97.9 cm³/mol. The molecular formula is C18H17ClN4O. The number of hydrogen-bond acceptors (Lipinski definition) is 5. The third-order valence-electron chi connectivity index (χ3n) is 3.58. The summed E-state index contributed by atoms with van der Waals surface area (Å²) in [6, 6.07) is 15.1. The van der Waals surface area contributed by atoms with E-state index in [9.17, 15) is 0 Å². The molecule has 0 aliphatic heterocycles. The summed E-state index contributed by atoms with van der Waals surface area (Å²) in [6.07, 6.45) is 0. The lowest BCUT2D eigenvalue weighted by Gasteiger charge is -2.11. The Morgan fingerprint density at radius 3 is 2.50 bits per heavy atom. The minimum Gasteiger partial charge on any atom is -0.497 e. The molecule has 0 saturated heterocycles. The molecule has 3 rings (SSSR count). The highest BCUT2D eigenvalue weighted by Gasteiger charge is 2.09. The molecule has 122 valence electrons. The van der Waals surface area contributed by atoms with Crippen LogP contribution in [0.25, 0.3) is 11.3 Å². The molecule has 0 spiro atoms. The number of aromatic nitrogens is 2. The molecule has 1 heterocycles. The molecule has 0 bridgehead atoms. The second-order valence-electron chi connectivity index (χ2n) is 5.31. The largest absolute Gasteiger partial charge is 0.497 e. The van der Waals surface area contributed by atoms with E-state index >= 15 is 0 Å². The summed E-state index contributed by atoms with van der Waals surface area (Å²) in [4.78, 5) is 8.56. The number of rotatable bonds is 4. The van der Waals surface area contributed by atoms with Gasteiger partial charge in [-0.15, -0.1) is 0 Å². The van der Waals surface area contributed by atoms with Gasteiger partial charge in [-0.25, -0.2) is 4.98 Å². The third-order valence-corrected chi connectivity index (χ3v) is 3.82. The van der Waals surface area contributed by atoms with Crippen molar-refractivity contribution >= 4 is 29.1 Å². The maximum absolute atomic E-state index is 6.10. The number of halogens is 1. The summed E-state index contributed by atoms with van der Waals surface area (Å²) in [5, 5.41) is 3.87. The van der Waals surface area contributed by atoms with Gasteiger partial charge >= 0.3 is 0 Å². The SMILES string of the molecule is COc1ccc(Nc2cc(-c3cc(Cl)ccc3C)nc(N)n2)cc1. The van der Waals surface area contributed by atoms with Crippen LogP contribution in [0.1, 0.15) is 5.56 Å². The number of hydrogen-bond donors (Lipinski definition) is 2. The standard InChI is InChI=1S/C18H17ClN4O/c1-11-3-4-12(19)9-15(11)16-10-17(23-18(20)22-16)21-13-5-7-14(24-2)8-6-13/h3-10H,1-2H3,(H3,20,21,22,23). The van der Waals surface area contributed by atoms with Crippen LogP contribution in [-0.4, -0.2) is 17.1 Å². The Hall–Kier alpha value is -2.79. The zero-order valence-corrected chi connectivity index (χ0v) is 14.1. The smallest absolute Gasteiger partial charge is 0.222 e. The van der Waals surface area contributed by atoms with Crippen molar-refractivity contribution in [1.82, 2.24) is 9.97 Å². The van der Waals surface area contributed by atoms with E-state index in [-0.39, 0.29) is 5.95 Å². The Morgan fingerprint density at radius 2 is 1.79 bits per heavy atom. The zero-order chi connectivity index (χ0) is 17.1. The molecule has 0 aliphatic carbocycles. The van der Waals surface area contributed by atoms with Gasteiger partial charge in [-0.2, -0.15) is 4.98 Å². The molecule has 5 nitrogen and oxygen atoms in total. The van der Waals surface area contributed by atoms with Crippen molar-refractivity contribution in [3.8, 4) is 17.0 Å². The Bertz CT molecular complexity index is 865. The Balaban J connectivity index is 1.95. The van der Waals surface area contributed by atoms with E-state index in [1.54, 1.807) is 7.11 Å². The topological polar surface area (TPSA) is 73.1 Å². The zero-order valence-electron chi connectivity index (χ0n) is 13.4. The summed E-state index contributed by atoms with van der Waals surface area (Å²) in [5.41, 5.74) is 9.46. The molecule has 0 saturated carbocycles. The number of nitrogen functional groups attached to an aromatic ring is 1. The quantitative estimate of drug-likeness (QED) is 0.734. The van der Waals surface area contributed by atoms with Crippen LogP contribution in [0, 0.1) is 6.92 Å². The molecular weight excluding hydrogens is 324 g/mol. The second-order valence-corrected chi connectivity index (χ2v) is 5.75. The number of nitrogens with zero attached hydrogens (tertiary/aromatic N) is 2. The highest BCUT2D eigenvalue weighted by atomic mass is 35.5. The van der Waals surface area contributed by atoms with Gasteiger partial charge in [0.2, 0.25) is 5.95 Å². The van der Waals surface area contributed by atoms with Crippen molar-refractivity contribution in [2.45, 2.75) is 6.92 Å². The molecule has 24 heavy (non-hydrogen) atoms. The molecule has 0 fully saturated rings. The fourth-order valence-corrected chi connectivity index (χ4v) is 2.53. The average Bonchev–Trinajstić information content (AvgIpc) is 2.57. The molecule has 0 atom stereocenters. The van der Waals surface area contributed by atoms with Crippen molar-refractivity contribution in [3.05, 3.63) is 59.1 Å². The van der Waals surface area contributed by atoms with Crippen molar-refractivity contribution in [3.63, 3.8) is 0 Å². The van der Waals surface area contributed by atoms with E-state index in [0.29, 0.717) is 10.8 Å². The fraction of sp³-hybridized carbons (Fsp3) is 0.111. The highest BCUT2D eigenvalue weighted by molar-refractivity contribution is 6.30. The van der Waals surface area contributed by atoms with E-state index in [1.807, 2.05) is 55.5 Å². The van der Waals surface area contributed by atoms with E-state index < -0.39 is 0 Å². The monoisotopic (exact) mass is 340 g/mol. The minimum absolute atomic E-state index is 0.197. The number of nitrogens with one attached hydrogen (secondary N) is 1. The number of anilines is 3. The van der Waals surface area contributed by atoms with Gasteiger partial charge < -0.3 is 15.8 Å². The molecule has 1 aromatic heterocycles. The van der Waals surface area contributed by atoms with Crippen LogP contribution in [0.4, 0.5) is 17.5 Å². The fourth-order valence-electron chi connectivity index (χ4n) is 2.36. The molecule has 0 amide bonds. The van der Waals surface area contributed by atoms with Gasteiger partial charge in [0, 0.05) is 22.3 Å². The van der Waals surface area contributed by atoms with Gasteiger partial charge in [0.15, 0.2) is 0 Å². The van der Waals surface area contributed by atoms with Crippen LogP contribution in [0.15, 0.2) is 48.5 Å². The van der Waals surface area contributed by atoms with Crippen LogP contribution in [0.2, 0.25) is 5.02 Å². The van der Waals surface area contributed by atoms with E-state index in [0.717, 1.165) is 28.3 Å². The van der Waals surface area contributed by atoms with Crippen LogP contribution in [-0.2, 0) is 0 Å². The first-order valence-corrected chi connectivity index (χ1v) is 7.75. The Morgan fingerprint density at radius 1 is 1.04 bits per heavy atom. The third kappa shape index (κ3) is 3.58. The lowest BCUT2D eigenvalue weighted by Crippen LogP contribution is -2.02. The molecule has 0 unspecified atom stereocenters. The van der Waals surface area contributed by atoms with Crippen molar-refractivity contribution in [1.29, 1.82) is 0 Å². The lowest BCUT2D eigenvalue weighted by atomic mass is 10.1. The highest BCUT2D eigenvalue weighted by Crippen LogP contribution is 2.28. The first-order valence-electron chi connectivity index (χ1n) is 7.37. The molecule has 3 aromatic rings. The summed E-state index contributed by atoms with van der Waals surface area (Å²) in [7, 11) is 1.63. The Kier molecular flexibility index (Phi) is 4.53. The molecule has 0 radical (unpaired) electrons. The van der Waals surface area contributed by atoms with Crippen molar-refractivity contribution in [2.24, 2.45) is 0 Å². The summed E-state index contributed by atoms with van der Waals surface area (Å²) >= 11 is 6.10. The van der Waals surface area contributed by atoms with Crippen molar-refractivity contribution < 1.29 is 4.74 Å². The maximum atomic E-state index is 6.10. The van der Waals surface area contributed by atoms with Gasteiger partial charge in [-0.1, -0.05) is 17.7 Å². The number of methoxy groups -OCH3 is 1. The second kappa shape index (κ2) is 6.76. The van der Waals surface area contributed by atoms with E-state index in [4.69, 9.17) is 22.1 Å². The van der Waals surface area contributed by atoms with Gasteiger partial charge in [0.1, 0.15) is 11.6 Å². The molecule has 2 aromatic carbocycles. The van der Waals surface area contributed by atoms with Gasteiger partial charge in [-0.05, 0) is 48.9 Å². The van der Waals surface area contributed by atoms with Crippen LogP contribution >= 0.6 is 11.6 Å². The summed E-state index contributed by atoms with van der Waals surface area (Å²) in [6.45, 7) is 2.00. The first-order chi connectivity index (χ1) is 11.5. The number of nitrogens with two attached hydrogens (primary N) is 1. The van der Waals surface area contributed by atoms with Crippen LogP contribution in [0.5, 0.6) is 5.75 Å². The van der Waals surface area contributed by atoms with Crippen LogP contribution in [0.3, 0.4) is 0 Å². The predicted octanol–water partition coefficient (Wildman–Crippen LogP) is 4.44. The lowest BCUT2D eigenvalue weighted by molar-refractivity contribution is 0.415. The minimum atomic E-state index is 0.197. The molecule has 6 heteroatoms. The maximum Gasteiger partial charge on any atom is 0.222 e. The van der Waals surface area contributed by atoms with E-state index in [1.165, 1.54) is 0 Å². The van der Waals surface area contributed by atoms with Gasteiger partial charge in [0.05, 0.1) is 12.8 Å². The van der Waals surface area contributed by atoms with Gasteiger partial charge in [-0.3, -0.25) is 0 Å². The van der Waals surface area contributed by atoms with Gasteiger partial charge in [0.25, 0.3) is 0 Å². The first kappa shape index (κ1) is 16.1. The molecule has 3 N–H and O–H groups in total. The van der Waals surface area contributed by atoms with Crippen molar-refractivity contribution in [2.75, 3.05) is 18.2 Å². The summed E-state index contributed by atoms with van der Waals surface area (Å²) < 4.78 is 5.15. The number of aryl methyl sites for hydroxylation is 1. The summed E-state index contributed by atoms with van der Waals surface area (Å²) in [5.74, 6) is 1.60. The average molecular weight is 341 g/mol. The van der Waals surface area contributed by atoms with E-state index in [2.05, 4.69) is 15.3 Å². The number of ether oxygens (including phenoxy) is 1. The van der Waals surface area contributed by atoms with Crippen LogP contribution < -0.4 is 15.8 Å². The normalized spacial score (nSPS) is 10.5. The number of benzene rings is 2.